The molecule has 2 heterocycles. The maximum Gasteiger partial charge on any atom is 0.341 e. The first-order valence-electron chi connectivity index (χ1n) is 8.34. The number of carbonyl (C=O) groups excluding carboxylic acids is 3. The third-order valence-electron chi connectivity index (χ3n) is 3.72. The summed E-state index contributed by atoms with van der Waals surface area (Å²) in [6.45, 7) is 5.51. The van der Waals surface area contributed by atoms with Crippen LogP contribution in [0.25, 0.3) is 0 Å². The van der Waals surface area contributed by atoms with Crippen LogP contribution in [0, 0.1) is 17.0 Å². The van der Waals surface area contributed by atoms with Crippen LogP contribution in [-0.2, 0) is 11.3 Å². The Morgan fingerprint density at radius 1 is 1.39 bits per heavy atom. The van der Waals surface area contributed by atoms with Crippen molar-refractivity contribution in [1.82, 2.24) is 9.78 Å². The van der Waals surface area contributed by atoms with E-state index in [0.717, 1.165) is 17.5 Å². The lowest BCUT2D eigenvalue weighted by atomic mass is 10.1. The average molecular weight is 409 g/mol. The molecule has 0 unspecified atom stereocenters. The SMILES string of the molecule is CCCOC(=O)c1c(NC(=O)c2nn(CC)cc2[N+](=O)[O-])sc(C(N)=O)c1C. The van der Waals surface area contributed by atoms with Gasteiger partial charge in [0, 0.05) is 6.54 Å². The van der Waals surface area contributed by atoms with Crippen LogP contribution in [0.4, 0.5) is 10.7 Å². The number of nitrogens with zero attached hydrogens (tertiary/aromatic N) is 3. The molecule has 150 valence electrons. The smallest absolute Gasteiger partial charge is 0.341 e. The second kappa shape index (κ2) is 8.61. The molecule has 0 bridgehead atoms. The molecule has 0 saturated carbocycles. The Hall–Kier alpha value is -3.28. The van der Waals surface area contributed by atoms with Gasteiger partial charge in [-0.1, -0.05) is 6.92 Å². The zero-order valence-corrected chi connectivity index (χ0v) is 16.3. The lowest BCUT2D eigenvalue weighted by molar-refractivity contribution is -0.385. The number of nitrogens with one attached hydrogen (secondary N) is 1. The molecule has 2 rings (SSSR count). The van der Waals surface area contributed by atoms with Gasteiger partial charge in [0.15, 0.2) is 0 Å². The number of rotatable bonds is 8. The predicted molar refractivity (Wildman–Crippen MR) is 101 cm³/mol. The summed E-state index contributed by atoms with van der Waals surface area (Å²) in [5.74, 6) is -2.39. The van der Waals surface area contributed by atoms with Gasteiger partial charge in [-0.2, -0.15) is 5.10 Å². The summed E-state index contributed by atoms with van der Waals surface area (Å²) in [6.07, 6.45) is 1.72. The van der Waals surface area contributed by atoms with Gasteiger partial charge in [-0.15, -0.1) is 11.3 Å². The Bertz CT molecular complexity index is 948. The van der Waals surface area contributed by atoms with Gasteiger partial charge >= 0.3 is 11.7 Å². The van der Waals surface area contributed by atoms with E-state index in [1.807, 2.05) is 6.92 Å². The molecule has 0 spiro atoms. The summed E-state index contributed by atoms with van der Waals surface area (Å²) in [4.78, 5) is 47.1. The number of nitrogens with two attached hydrogens (primary N) is 1. The van der Waals surface area contributed by atoms with Gasteiger partial charge in [-0.3, -0.25) is 24.4 Å². The molecule has 28 heavy (non-hydrogen) atoms. The number of esters is 1. The molecule has 0 aliphatic carbocycles. The Labute approximate surface area is 163 Å². The monoisotopic (exact) mass is 409 g/mol. The first-order valence-corrected chi connectivity index (χ1v) is 9.16. The molecule has 0 aliphatic rings. The van der Waals surface area contributed by atoms with Gasteiger partial charge < -0.3 is 15.8 Å². The van der Waals surface area contributed by atoms with E-state index in [4.69, 9.17) is 10.5 Å². The van der Waals surface area contributed by atoms with E-state index >= 15 is 0 Å². The lowest BCUT2D eigenvalue weighted by Gasteiger charge is -2.06. The van der Waals surface area contributed by atoms with Crippen molar-refractivity contribution in [3.05, 3.63) is 38.0 Å². The van der Waals surface area contributed by atoms with Crippen molar-refractivity contribution in [2.75, 3.05) is 11.9 Å². The Balaban J connectivity index is 2.45. The zero-order chi connectivity index (χ0) is 21.0. The lowest BCUT2D eigenvalue weighted by Crippen LogP contribution is -2.17. The van der Waals surface area contributed by atoms with Crippen LogP contribution in [-0.4, -0.2) is 39.1 Å². The van der Waals surface area contributed by atoms with Gasteiger partial charge in [0.25, 0.3) is 11.8 Å². The molecule has 2 amide bonds. The summed E-state index contributed by atoms with van der Waals surface area (Å²) in [5, 5.41) is 17.5. The van der Waals surface area contributed by atoms with E-state index in [9.17, 15) is 24.5 Å². The Morgan fingerprint density at radius 3 is 2.61 bits per heavy atom. The van der Waals surface area contributed by atoms with Crippen molar-refractivity contribution in [3.63, 3.8) is 0 Å². The number of hydrogen-bond donors (Lipinski definition) is 2. The fourth-order valence-electron chi connectivity index (χ4n) is 2.38. The topological polar surface area (TPSA) is 159 Å². The molecule has 0 radical (unpaired) electrons. The minimum Gasteiger partial charge on any atom is -0.462 e. The summed E-state index contributed by atoms with van der Waals surface area (Å²) in [6, 6.07) is 0. The maximum atomic E-state index is 12.6. The number of carbonyl (C=O) groups is 3. The van der Waals surface area contributed by atoms with Crippen molar-refractivity contribution in [1.29, 1.82) is 0 Å². The van der Waals surface area contributed by atoms with Crippen molar-refractivity contribution >= 4 is 39.8 Å². The highest BCUT2D eigenvalue weighted by molar-refractivity contribution is 7.18. The summed E-state index contributed by atoms with van der Waals surface area (Å²) in [7, 11) is 0. The molecule has 0 aromatic carbocycles. The molecule has 12 heteroatoms. The Kier molecular flexibility index (Phi) is 6.46. The van der Waals surface area contributed by atoms with E-state index in [-0.39, 0.29) is 27.6 Å². The van der Waals surface area contributed by atoms with E-state index in [0.29, 0.717) is 13.0 Å². The van der Waals surface area contributed by atoms with E-state index in [2.05, 4.69) is 10.4 Å². The second-order valence-electron chi connectivity index (χ2n) is 5.69. The number of nitro groups is 1. The standard InChI is InChI=1S/C16H19N5O6S/c1-4-6-27-16(24)10-8(3)12(13(17)22)28-15(10)18-14(23)11-9(21(25)26)7-20(5-2)19-11/h7H,4-6H2,1-3H3,(H2,17,22)(H,18,23). The molecule has 0 atom stereocenters. The number of primary amides is 1. The molecule has 0 aliphatic heterocycles. The number of aryl methyl sites for hydroxylation is 1. The van der Waals surface area contributed by atoms with Crippen LogP contribution in [0.2, 0.25) is 0 Å². The van der Waals surface area contributed by atoms with Crippen molar-refractivity contribution in [3.8, 4) is 0 Å². The van der Waals surface area contributed by atoms with Crippen LogP contribution in [0.15, 0.2) is 6.20 Å². The van der Waals surface area contributed by atoms with Crippen LogP contribution in [0.1, 0.15) is 56.3 Å². The fourth-order valence-corrected chi connectivity index (χ4v) is 3.42. The number of aromatic nitrogens is 2. The normalized spacial score (nSPS) is 10.5. The van der Waals surface area contributed by atoms with E-state index in [1.165, 1.54) is 11.6 Å². The van der Waals surface area contributed by atoms with Gasteiger partial charge in [-0.25, -0.2) is 4.79 Å². The second-order valence-corrected chi connectivity index (χ2v) is 6.71. The van der Waals surface area contributed by atoms with Crippen LogP contribution in [0.5, 0.6) is 0 Å². The highest BCUT2D eigenvalue weighted by atomic mass is 32.1. The molecule has 3 N–H and O–H groups in total. The predicted octanol–water partition coefficient (Wildman–Crippen LogP) is 2.10. The quantitative estimate of drug-likeness (QED) is 0.383. The summed E-state index contributed by atoms with van der Waals surface area (Å²) < 4.78 is 6.35. The largest absolute Gasteiger partial charge is 0.462 e. The minimum absolute atomic E-state index is 0.0118. The molecule has 2 aromatic heterocycles. The molecule has 2 aromatic rings. The van der Waals surface area contributed by atoms with E-state index in [1.54, 1.807) is 6.92 Å². The molecule has 0 saturated heterocycles. The minimum atomic E-state index is -0.888. The van der Waals surface area contributed by atoms with Gasteiger partial charge in [0.05, 0.1) is 22.0 Å². The zero-order valence-electron chi connectivity index (χ0n) is 15.5. The van der Waals surface area contributed by atoms with Gasteiger partial charge in [0.1, 0.15) is 11.2 Å². The van der Waals surface area contributed by atoms with Gasteiger partial charge in [-0.05, 0) is 25.8 Å². The third kappa shape index (κ3) is 4.17. The van der Waals surface area contributed by atoms with Gasteiger partial charge in [0.2, 0.25) is 5.69 Å². The van der Waals surface area contributed by atoms with Crippen molar-refractivity contribution < 1.29 is 24.0 Å². The third-order valence-corrected chi connectivity index (χ3v) is 4.94. The Morgan fingerprint density at radius 2 is 2.07 bits per heavy atom. The maximum absolute atomic E-state index is 12.6. The highest BCUT2D eigenvalue weighted by Crippen LogP contribution is 2.34. The average Bonchev–Trinajstić information content (AvgIpc) is 3.21. The van der Waals surface area contributed by atoms with E-state index < -0.39 is 34.1 Å². The highest BCUT2D eigenvalue weighted by Gasteiger charge is 2.30. The number of thiophene rings is 1. The summed E-state index contributed by atoms with van der Waals surface area (Å²) >= 11 is 0.794. The number of anilines is 1. The number of amides is 2. The molecular weight excluding hydrogens is 390 g/mol. The summed E-state index contributed by atoms with van der Waals surface area (Å²) in [5.41, 5.74) is 4.69. The van der Waals surface area contributed by atoms with Crippen LogP contribution in [0.3, 0.4) is 0 Å². The molecule has 0 fully saturated rings. The van der Waals surface area contributed by atoms with Crippen LogP contribution >= 0.6 is 11.3 Å². The first-order chi connectivity index (χ1) is 13.2. The number of hydrogen-bond acceptors (Lipinski definition) is 8. The number of ether oxygens (including phenoxy) is 1. The van der Waals surface area contributed by atoms with Crippen LogP contribution < -0.4 is 11.1 Å². The molecular formula is C16H19N5O6S. The first kappa shape index (κ1) is 21.0. The van der Waals surface area contributed by atoms with Crippen molar-refractivity contribution in [2.24, 2.45) is 5.73 Å². The molecule has 11 nitrogen and oxygen atoms in total. The fraction of sp³-hybridized carbons (Fsp3) is 0.375. The van der Waals surface area contributed by atoms with Crippen molar-refractivity contribution in [2.45, 2.75) is 33.7 Å².